The fraction of sp³-hybridized carbons (Fsp3) is 0.357. The summed E-state index contributed by atoms with van der Waals surface area (Å²) in [5.74, 6) is -0.0598. The maximum absolute atomic E-state index is 13.6. The second-order valence-corrected chi connectivity index (χ2v) is 12.1. The number of hydrogen-bond acceptors (Lipinski definition) is 5. The van der Waals surface area contributed by atoms with Gasteiger partial charge in [-0.3, -0.25) is 9.78 Å². The Bertz CT molecular complexity index is 1310. The fourth-order valence-electron chi connectivity index (χ4n) is 5.18. The first-order chi connectivity index (χ1) is 17.2. The molecule has 1 aliphatic rings. The van der Waals surface area contributed by atoms with E-state index < -0.39 is 9.84 Å². The highest BCUT2D eigenvalue weighted by Crippen LogP contribution is 2.41. The number of aromatic nitrogens is 1. The van der Waals surface area contributed by atoms with Gasteiger partial charge >= 0.3 is 0 Å². The summed E-state index contributed by atoms with van der Waals surface area (Å²) in [6, 6.07) is 18.5. The van der Waals surface area contributed by atoms with Crippen LogP contribution in [0.25, 0.3) is 0 Å². The van der Waals surface area contributed by atoms with E-state index in [0.717, 1.165) is 36.8 Å². The van der Waals surface area contributed by atoms with Crippen LogP contribution in [0.3, 0.4) is 0 Å². The third-order valence-corrected chi connectivity index (χ3v) is 8.66. The van der Waals surface area contributed by atoms with E-state index in [1.165, 1.54) is 6.26 Å². The third-order valence-electron chi connectivity index (χ3n) is 7.32. The van der Waals surface area contributed by atoms with Gasteiger partial charge in [-0.1, -0.05) is 35.9 Å². The minimum Gasteiger partial charge on any atom is -0.335 e. The lowest BCUT2D eigenvalue weighted by Crippen LogP contribution is -2.48. The van der Waals surface area contributed by atoms with Crippen LogP contribution in [0.1, 0.15) is 47.2 Å². The van der Waals surface area contributed by atoms with E-state index in [1.54, 1.807) is 42.7 Å². The molecule has 1 amide bonds. The summed E-state index contributed by atoms with van der Waals surface area (Å²) in [6.45, 7) is 1.01. The molecule has 1 heterocycles. The predicted molar refractivity (Wildman–Crippen MR) is 143 cm³/mol. The number of benzene rings is 2. The molecule has 0 atom stereocenters. The SMILES string of the molecule is CS(=O)(=O)c1cccc(CCN(C(=O)c2cccnc2)[C@H]2CC[C@](CN)(c3cccc(Cl)c3)CC2)c1. The molecule has 0 aliphatic heterocycles. The lowest BCUT2D eigenvalue weighted by Gasteiger charge is -2.43. The molecular formula is C28H32ClN3O3S. The van der Waals surface area contributed by atoms with E-state index in [1.807, 2.05) is 29.2 Å². The maximum Gasteiger partial charge on any atom is 0.255 e. The number of amides is 1. The van der Waals surface area contributed by atoms with Crippen LogP contribution in [0.15, 0.2) is 78.0 Å². The molecule has 0 saturated heterocycles. The van der Waals surface area contributed by atoms with Crippen molar-refractivity contribution >= 4 is 27.3 Å². The normalized spacial score (nSPS) is 20.1. The zero-order chi connectivity index (χ0) is 25.8. The first-order valence-electron chi connectivity index (χ1n) is 12.2. The minimum absolute atomic E-state index is 0.0506. The van der Waals surface area contributed by atoms with Gasteiger partial charge in [0.2, 0.25) is 0 Å². The largest absolute Gasteiger partial charge is 0.335 e. The third kappa shape index (κ3) is 5.97. The number of carbonyl (C=O) groups is 1. The highest BCUT2D eigenvalue weighted by Gasteiger charge is 2.38. The molecule has 190 valence electrons. The van der Waals surface area contributed by atoms with Crippen LogP contribution >= 0.6 is 11.6 Å². The van der Waals surface area contributed by atoms with Crippen molar-refractivity contribution in [2.45, 2.75) is 48.5 Å². The second kappa shape index (κ2) is 11.1. The molecule has 1 fully saturated rings. The van der Waals surface area contributed by atoms with E-state index >= 15 is 0 Å². The van der Waals surface area contributed by atoms with E-state index in [9.17, 15) is 13.2 Å². The van der Waals surface area contributed by atoms with Gasteiger partial charge in [0, 0.05) is 48.2 Å². The molecule has 3 aromatic rings. The van der Waals surface area contributed by atoms with Crippen molar-refractivity contribution in [3.63, 3.8) is 0 Å². The molecule has 8 heteroatoms. The molecule has 0 bridgehead atoms. The summed E-state index contributed by atoms with van der Waals surface area (Å²) >= 11 is 6.27. The van der Waals surface area contributed by atoms with Gasteiger partial charge in [0.15, 0.2) is 9.84 Å². The summed E-state index contributed by atoms with van der Waals surface area (Å²) in [5.41, 5.74) is 8.72. The number of hydrogen-bond donors (Lipinski definition) is 1. The highest BCUT2D eigenvalue weighted by atomic mass is 35.5. The van der Waals surface area contributed by atoms with E-state index in [-0.39, 0.29) is 22.3 Å². The van der Waals surface area contributed by atoms with Crippen molar-refractivity contribution in [3.05, 3.63) is 94.8 Å². The number of nitrogens with zero attached hydrogens (tertiary/aromatic N) is 2. The number of halogens is 1. The number of sulfone groups is 1. The molecule has 1 saturated carbocycles. The average molecular weight is 526 g/mol. The number of pyridine rings is 1. The fourth-order valence-corrected chi connectivity index (χ4v) is 6.06. The molecule has 4 rings (SSSR count). The minimum atomic E-state index is -3.30. The Labute approximate surface area is 218 Å². The smallest absolute Gasteiger partial charge is 0.255 e. The molecule has 6 nitrogen and oxygen atoms in total. The molecule has 0 unspecified atom stereocenters. The number of nitrogens with two attached hydrogens (primary N) is 1. The lowest BCUT2D eigenvalue weighted by molar-refractivity contribution is 0.0597. The molecule has 1 aliphatic carbocycles. The quantitative estimate of drug-likeness (QED) is 0.461. The summed E-state index contributed by atoms with van der Waals surface area (Å²) in [5, 5.41) is 0.701. The Morgan fingerprint density at radius 1 is 1.11 bits per heavy atom. The molecule has 2 aromatic carbocycles. The van der Waals surface area contributed by atoms with E-state index in [0.29, 0.717) is 30.1 Å². The van der Waals surface area contributed by atoms with Crippen LogP contribution in [0, 0.1) is 0 Å². The first kappa shape index (κ1) is 26.3. The van der Waals surface area contributed by atoms with Crippen molar-refractivity contribution in [1.82, 2.24) is 9.88 Å². The number of rotatable bonds is 8. The van der Waals surface area contributed by atoms with Crippen molar-refractivity contribution in [3.8, 4) is 0 Å². The lowest BCUT2D eigenvalue weighted by atomic mass is 9.68. The highest BCUT2D eigenvalue weighted by molar-refractivity contribution is 7.90. The van der Waals surface area contributed by atoms with Gasteiger partial charge in [-0.2, -0.15) is 0 Å². The van der Waals surface area contributed by atoms with Gasteiger partial charge in [-0.15, -0.1) is 0 Å². The molecule has 0 radical (unpaired) electrons. The monoisotopic (exact) mass is 525 g/mol. The molecule has 1 aromatic heterocycles. The van der Waals surface area contributed by atoms with Gasteiger partial charge in [0.05, 0.1) is 10.5 Å². The van der Waals surface area contributed by atoms with E-state index in [2.05, 4.69) is 11.1 Å². The van der Waals surface area contributed by atoms with E-state index in [4.69, 9.17) is 17.3 Å². The Balaban J connectivity index is 1.55. The topological polar surface area (TPSA) is 93.4 Å². The van der Waals surface area contributed by atoms with Crippen LogP contribution in [0.5, 0.6) is 0 Å². The molecular weight excluding hydrogens is 494 g/mol. The van der Waals surface area contributed by atoms with Crippen molar-refractivity contribution in [1.29, 1.82) is 0 Å². The molecule has 36 heavy (non-hydrogen) atoms. The zero-order valence-corrected chi connectivity index (χ0v) is 22.0. The van der Waals surface area contributed by atoms with Gasteiger partial charge in [0.1, 0.15) is 0 Å². The van der Waals surface area contributed by atoms with Crippen molar-refractivity contribution in [2.75, 3.05) is 19.3 Å². The van der Waals surface area contributed by atoms with Crippen molar-refractivity contribution < 1.29 is 13.2 Å². The Kier molecular flexibility index (Phi) is 8.13. The first-order valence-corrected chi connectivity index (χ1v) is 14.4. The van der Waals surface area contributed by atoms with Gasteiger partial charge in [-0.25, -0.2) is 8.42 Å². The van der Waals surface area contributed by atoms with Crippen LogP contribution in [-0.4, -0.2) is 49.6 Å². The van der Waals surface area contributed by atoms with Crippen LogP contribution in [-0.2, 0) is 21.7 Å². The molecule has 2 N–H and O–H groups in total. The van der Waals surface area contributed by atoms with Gasteiger partial charge < -0.3 is 10.6 Å². The standard InChI is InChI=1S/C28H32ClN3O3S/c1-36(34,35)26-9-2-5-21(17-26)12-16-32(27(33)22-6-4-15-31-19-22)25-10-13-28(20-30,14-11-25)23-7-3-8-24(29)18-23/h2-9,15,17-19,25H,10-14,16,20,30H2,1H3/t25-,28-. The number of carbonyl (C=O) groups excluding carboxylic acids is 1. The second-order valence-electron chi connectivity index (χ2n) is 9.64. The van der Waals surface area contributed by atoms with Gasteiger partial charge in [-0.05, 0) is 79.6 Å². The summed E-state index contributed by atoms with van der Waals surface area (Å²) in [6.07, 6.45) is 8.36. The van der Waals surface area contributed by atoms with Crippen molar-refractivity contribution in [2.24, 2.45) is 5.73 Å². The Morgan fingerprint density at radius 2 is 1.86 bits per heavy atom. The predicted octanol–water partition coefficient (Wildman–Crippen LogP) is 4.66. The van der Waals surface area contributed by atoms with Crippen LogP contribution in [0.4, 0.5) is 0 Å². The average Bonchev–Trinajstić information content (AvgIpc) is 2.89. The van der Waals surface area contributed by atoms with Crippen LogP contribution in [0.2, 0.25) is 5.02 Å². The zero-order valence-electron chi connectivity index (χ0n) is 20.4. The van der Waals surface area contributed by atoms with Crippen LogP contribution < -0.4 is 5.73 Å². The summed E-state index contributed by atoms with van der Waals surface area (Å²) in [4.78, 5) is 19.9. The molecule has 0 spiro atoms. The maximum atomic E-state index is 13.6. The summed E-state index contributed by atoms with van der Waals surface area (Å²) < 4.78 is 24.0. The summed E-state index contributed by atoms with van der Waals surface area (Å²) in [7, 11) is -3.30. The van der Waals surface area contributed by atoms with Gasteiger partial charge in [0.25, 0.3) is 5.91 Å². The Morgan fingerprint density at radius 3 is 2.50 bits per heavy atom. The Hall–Kier alpha value is -2.74.